The summed E-state index contributed by atoms with van der Waals surface area (Å²) in [6, 6.07) is 7.13. The SMILES string of the molecule is CCCS(=O)(=O)C(C)C(=O)Nc1nc(-c2ccc(NC(C)=O)cc2)cs1. The lowest BCUT2D eigenvalue weighted by Gasteiger charge is -2.11. The van der Waals surface area contributed by atoms with Gasteiger partial charge in [0.25, 0.3) is 0 Å². The van der Waals surface area contributed by atoms with Gasteiger partial charge < -0.3 is 10.6 Å². The summed E-state index contributed by atoms with van der Waals surface area (Å²) in [6.07, 6.45) is 0.468. The number of aromatic nitrogens is 1. The molecule has 2 N–H and O–H groups in total. The Morgan fingerprint density at radius 1 is 1.19 bits per heavy atom. The van der Waals surface area contributed by atoms with Gasteiger partial charge in [-0.05, 0) is 25.5 Å². The minimum atomic E-state index is -3.46. The molecule has 2 rings (SSSR count). The van der Waals surface area contributed by atoms with Gasteiger partial charge in [-0.15, -0.1) is 11.3 Å². The number of nitrogens with one attached hydrogen (secondary N) is 2. The van der Waals surface area contributed by atoms with Gasteiger partial charge in [-0.3, -0.25) is 9.59 Å². The van der Waals surface area contributed by atoms with Crippen molar-refractivity contribution >= 4 is 43.8 Å². The van der Waals surface area contributed by atoms with Crippen LogP contribution in [0.2, 0.25) is 0 Å². The molecule has 0 radical (unpaired) electrons. The maximum Gasteiger partial charge on any atom is 0.244 e. The van der Waals surface area contributed by atoms with Crippen molar-refractivity contribution in [3.05, 3.63) is 29.6 Å². The normalized spacial score (nSPS) is 12.4. The minimum absolute atomic E-state index is 0.0225. The Labute approximate surface area is 156 Å². The second-order valence-electron chi connectivity index (χ2n) is 5.79. The van der Waals surface area contributed by atoms with Crippen LogP contribution in [0.5, 0.6) is 0 Å². The number of hydrogen-bond donors (Lipinski definition) is 2. The molecule has 140 valence electrons. The van der Waals surface area contributed by atoms with Crippen molar-refractivity contribution < 1.29 is 18.0 Å². The average molecular weight is 396 g/mol. The molecule has 1 heterocycles. The number of thiazole rings is 1. The molecule has 0 fully saturated rings. The van der Waals surface area contributed by atoms with Crippen LogP contribution in [0.3, 0.4) is 0 Å². The molecule has 0 saturated carbocycles. The lowest BCUT2D eigenvalue weighted by molar-refractivity contribution is -0.116. The topological polar surface area (TPSA) is 105 Å². The van der Waals surface area contributed by atoms with E-state index in [9.17, 15) is 18.0 Å². The molecule has 0 spiro atoms. The Morgan fingerprint density at radius 2 is 1.85 bits per heavy atom. The Balaban J connectivity index is 2.07. The number of rotatable bonds is 7. The third-order valence-electron chi connectivity index (χ3n) is 3.63. The molecule has 0 aliphatic heterocycles. The summed E-state index contributed by atoms with van der Waals surface area (Å²) in [5, 5.41) is 6.24. The molecule has 7 nitrogen and oxygen atoms in total. The molecule has 1 atom stereocenters. The molecule has 2 aromatic rings. The Kier molecular flexibility index (Phi) is 6.49. The van der Waals surface area contributed by atoms with Crippen LogP contribution in [0.1, 0.15) is 27.2 Å². The van der Waals surface area contributed by atoms with Gasteiger partial charge in [0.2, 0.25) is 11.8 Å². The summed E-state index contributed by atoms with van der Waals surface area (Å²) in [7, 11) is -3.46. The standard InChI is InChI=1S/C17H21N3O4S2/c1-4-9-26(23,24)11(2)16(22)20-17-19-15(10-25-17)13-5-7-14(8-6-13)18-12(3)21/h5-8,10-11H,4,9H2,1-3H3,(H,18,21)(H,19,20,22). The first-order valence-corrected chi connectivity index (χ1v) is 10.7. The maximum atomic E-state index is 12.2. The van der Waals surface area contributed by atoms with E-state index in [2.05, 4.69) is 15.6 Å². The smallest absolute Gasteiger partial charge is 0.244 e. The van der Waals surface area contributed by atoms with E-state index in [-0.39, 0.29) is 11.7 Å². The summed E-state index contributed by atoms with van der Waals surface area (Å²) in [6.45, 7) is 4.58. The van der Waals surface area contributed by atoms with Gasteiger partial charge in [-0.25, -0.2) is 13.4 Å². The zero-order valence-corrected chi connectivity index (χ0v) is 16.4. The van der Waals surface area contributed by atoms with Crippen LogP contribution in [-0.2, 0) is 19.4 Å². The van der Waals surface area contributed by atoms with E-state index in [4.69, 9.17) is 0 Å². The number of benzene rings is 1. The quantitative estimate of drug-likeness (QED) is 0.750. The molecule has 0 bridgehead atoms. The van der Waals surface area contributed by atoms with E-state index in [1.54, 1.807) is 36.6 Å². The molecule has 9 heteroatoms. The molecular weight excluding hydrogens is 374 g/mol. The van der Waals surface area contributed by atoms with Gasteiger partial charge in [-0.1, -0.05) is 19.1 Å². The zero-order valence-electron chi connectivity index (χ0n) is 14.8. The highest BCUT2D eigenvalue weighted by Crippen LogP contribution is 2.26. The van der Waals surface area contributed by atoms with Crippen molar-refractivity contribution in [3.63, 3.8) is 0 Å². The number of carbonyl (C=O) groups is 2. The molecular formula is C17H21N3O4S2. The first-order valence-electron chi connectivity index (χ1n) is 8.09. The van der Waals surface area contributed by atoms with Crippen LogP contribution in [0.25, 0.3) is 11.3 Å². The molecule has 1 unspecified atom stereocenters. The van der Waals surface area contributed by atoms with E-state index >= 15 is 0 Å². The van der Waals surface area contributed by atoms with Crippen molar-refractivity contribution in [2.24, 2.45) is 0 Å². The lowest BCUT2D eigenvalue weighted by atomic mass is 10.1. The fraction of sp³-hybridized carbons (Fsp3) is 0.353. The van der Waals surface area contributed by atoms with Crippen molar-refractivity contribution in [1.82, 2.24) is 4.98 Å². The number of nitrogens with zero attached hydrogens (tertiary/aromatic N) is 1. The lowest BCUT2D eigenvalue weighted by Crippen LogP contribution is -2.34. The van der Waals surface area contributed by atoms with Crippen molar-refractivity contribution in [2.45, 2.75) is 32.4 Å². The highest BCUT2D eigenvalue weighted by Gasteiger charge is 2.27. The van der Waals surface area contributed by atoms with E-state index in [1.165, 1.54) is 25.2 Å². The van der Waals surface area contributed by atoms with Crippen LogP contribution < -0.4 is 10.6 Å². The van der Waals surface area contributed by atoms with Crippen LogP contribution >= 0.6 is 11.3 Å². The van der Waals surface area contributed by atoms with E-state index in [0.29, 0.717) is 22.9 Å². The highest BCUT2D eigenvalue weighted by molar-refractivity contribution is 7.92. The van der Waals surface area contributed by atoms with Crippen LogP contribution in [0.4, 0.5) is 10.8 Å². The molecule has 2 amide bonds. The van der Waals surface area contributed by atoms with Gasteiger partial charge in [0.05, 0.1) is 11.4 Å². The zero-order chi connectivity index (χ0) is 19.3. The van der Waals surface area contributed by atoms with Gasteiger partial charge in [0, 0.05) is 23.6 Å². The van der Waals surface area contributed by atoms with E-state index in [0.717, 1.165) is 5.56 Å². The van der Waals surface area contributed by atoms with Crippen LogP contribution in [0, 0.1) is 0 Å². The molecule has 0 saturated heterocycles. The average Bonchev–Trinajstić information content (AvgIpc) is 3.02. The summed E-state index contributed by atoms with van der Waals surface area (Å²) in [4.78, 5) is 27.5. The molecule has 0 aliphatic rings. The van der Waals surface area contributed by atoms with E-state index < -0.39 is 21.0 Å². The van der Waals surface area contributed by atoms with Crippen LogP contribution in [-0.4, -0.2) is 36.2 Å². The van der Waals surface area contributed by atoms with Gasteiger partial charge in [0.1, 0.15) is 5.25 Å². The first-order chi connectivity index (χ1) is 12.2. The first kappa shape index (κ1) is 20.1. The van der Waals surface area contributed by atoms with Crippen molar-refractivity contribution in [1.29, 1.82) is 0 Å². The number of hydrogen-bond acceptors (Lipinski definition) is 6. The third-order valence-corrected chi connectivity index (χ3v) is 6.66. The largest absolute Gasteiger partial charge is 0.326 e. The van der Waals surface area contributed by atoms with Crippen molar-refractivity contribution in [2.75, 3.05) is 16.4 Å². The molecule has 1 aromatic heterocycles. The number of amides is 2. The summed E-state index contributed by atoms with van der Waals surface area (Å²) >= 11 is 1.22. The number of sulfone groups is 1. The molecule has 1 aromatic carbocycles. The highest BCUT2D eigenvalue weighted by atomic mass is 32.2. The van der Waals surface area contributed by atoms with Gasteiger partial charge in [-0.2, -0.15) is 0 Å². The van der Waals surface area contributed by atoms with Gasteiger partial charge >= 0.3 is 0 Å². The second kappa shape index (κ2) is 8.41. The Hall–Kier alpha value is -2.26. The Morgan fingerprint density at radius 3 is 2.42 bits per heavy atom. The fourth-order valence-electron chi connectivity index (χ4n) is 2.22. The third kappa shape index (κ3) is 5.12. The maximum absolute atomic E-state index is 12.2. The van der Waals surface area contributed by atoms with Gasteiger partial charge in [0.15, 0.2) is 15.0 Å². The number of carbonyl (C=O) groups excluding carboxylic acids is 2. The Bertz CT molecular complexity index is 889. The predicted molar refractivity (Wildman–Crippen MR) is 104 cm³/mol. The van der Waals surface area contributed by atoms with Crippen molar-refractivity contribution in [3.8, 4) is 11.3 Å². The summed E-state index contributed by atoms with van der Waals surface area (Å²) in [5.74, 6) is -0.755. The van der Waals surface area contributed by atoms with E-state index in [1.807, 2.05) is 0 Å². The minimum Gasteiger partial charge on any atom is -0.326 e. The second-order valence-corrected chi connectivity index (χ2v) is 9.09. The van der Waals surface area contributed by atoms with Crippen LogP contribution in [0.15, 0.2) is 29.6 Å². The fourth-order valence-corrected chi connectivity index (χ4v) is 4.25. The molecule has 26 heavy (non-hydrogen) atoms. The monoisotopic (exact) mass is 395 g/mol. The predicted octanol–water partition coefficient (Wildman–Crippen LogP) is 2.92. The number of anilines is 2. The summed E-state index contributed by atoms with van der Waals surface area (Å²) < 4.78 is 24.0. The molecule has 0 aliphatic carbocycles. The summed E-state index contributed by atoms with van der Waals surface area (Å²) in [5.41, 5.74) is 2.16.